The van der Waals surface area contributed by atoms with E-state index >= 15 is 0 Å². The van der Waals surface area contributed by atoms with Crippen molar-refractivity contribution in [3.63, 3.8) is 0 Å². The molecule has 0 N–H and O–H groups in total. The first-order valence-corrected chi connectivity index (χ1v) is 10.4. The molecule has 0 bridgehead atoms. The Balaban J connectivity index is 2.02. The first-order valence-electron chi connectivity index (χ1n) is 7.89. The number of nitrogens with zero attached hydrogens (tertiary/aromatic N) is 1. The van der Waals surface area contributed by atoms with Crippen molar-refractivity contribution in [3.05, 3.63) is 53.6 Å². The number of aryl methyl sites for hydroxylation is 1. The molecule has 1 atom stereocenters. The highest BCUT2D eigenvalue weighted by atomic mass is 32.2. The summed E-state index contributed by atoms with van der Waals surface area (Å²) >= 11 is 1.59. The van der Waals surface area contributed by atoms with Gasteiger partial charge in [-0.3, -0.25) is 0 Å². The molecular weight excluding hydrogens is 358 g/mol. The van der Waals surface area contributed by atoms with E-state index in [0.717, 1.165) is 16.9 Å². The van der Waals surface area contributed by atoms with E-state index in [1.807, 2.05) is 31.2 Å². The third-order valence-electron chi connectivity index (χ3n) is 4.18. The Hall–Kier alpha value is -1.70. The maximum atomic E-state index is 13.1. The van der Waals surface area contributed by atoms with Crippen LogP contribution >= 0.6 is 11.8 Å². The zero-order chi connectivity index (χ0) is 18.0. The molecule has 1 aliphatic heterocycles. The summed E-state index contributed by atoms with van der Waals surface area (Å²) in [6, 6.07) is 12.4. The van der Waals surface area contributed by atoms with Gasteiger partial charge in [-0.2, -0.15) is 4.31 Å². The van der Waals surface area contributed by atoms with E-state index in [-0.39, 0.29) is 5.37 Å². The van der Waals surface area contributed by atoms with Crippen molar-refractivity contribution in [1.29, 1.82) is 0 Å². The predicted octanol–water partition coefficient (Wildman–Crippen LogP) is 3.45. The fourth-order valence-electron chi connectivity index (χ4n) is 2.82. The highest BCUT2D eigenvalue weighted by molar-refractivity contribution is 8.01. The third kappa shape index (κ3) is 3.49. The molecule has 0 aromatic heterocycles. The Morgan fingerprint density at radius 3 is 2.44 bits per heavy atom. The first kappa shape index (κ1) is 18.1. The van der Waals surface area contributed by atoms with Crippen molar-refractivity contribution in [2.24, 2.45) is 0 Å². The summed E-state index contributed by atoms with van der Waals surface area (Å²) in [6.07, 6.45) is 0. The Morgan fingerprint density at radius 1 is 1.08 bits per heavy atom. The minimum absolute atomic E-state index is 0.312. The average Bonchev–Trinajstić information content (AvgIpc) is 3.12. The molecule has 1 heterocycles. The summed E-state index contributed by atoms with van der Waals surface area (Å²) in [4.78, 5) is 0.312. The monoisotopic (exact) mass is 379 g/mol. The molecule has 7 heteroatoms. The van der Waals surface area contributed by atoms with Gasteiger partial charge < -0.3 is 9.47 Å². The number of ether oxygens (including phenoxy) is 2. The zero-order valence-electron chi connectivity index (χ0n) is 14.4. The molecule has 0 saturated carbocycles. The van der Waals surface area contributed by atoms with Crippen molar-refractivity contribution < 1.29 is 17.9 Å². The van der Waals surface area contributed by atoms with Crippen LogP contribution in [-0.2, 0) is 10.0 Å². The fourth-order valence-corrected chi connectivity index (χ4v) is 6.07. The highest BCUT2D eigenvalue weighted by Gasteiger charge is 2.38. The van der Waals surface area contributed by atoms with Gasteiger partial charge in [0.15, 0.2) is 0 Å². The smallest absolute Gasteiger partial charge is 0.244 e. The van der Waals surface area contributed by atoms with Gasteiger partial charge in [0.1, 0.15) is 11.5 Å². The van der Waals surface area contributed by atoms with Crippen LogP contribution in [-0.4, -0.2) is 39.2 Å². The highest BCUT2D eigenvalue weighted by Crippen LogP contribution is 2.45. The quantitative estimate of drug-likeness (QED) is 0.796. The lowest BCUT2D eigenvalue weighted by Gasteiger charge is -2.25. The van der Waals surface area contributed by atoms with Gasteiger partial charge in [0, 0.05) is 17.9 Å². The second kappa shape index (κ2) is 7.27. The second-order valence-corrected chi connectivity index (χ2v) is 8.84. The Kier molecular flexibility index (Phi) is 5.27. The van der Waals surface area contributed by atoms with Gasteiger partial charge in [-0.05, 0) is 37.3 Å². The third-order valence-corrected chi connectivity index (χ3v) is 7.43. The summed E-state index contributed by atoms with van der Waals surface area (Å²) in [5, 5.41) is -0.337. The molecule has 0 unspecified atom stereocenters. The van der Waals surface area contributed by atoms with Crippen LogP contribution in [0.15, 0.2) is 47.4 Å². The molecule has 1 saturated heterocycles. The molecule has 2 aromatic carbocycles. The summed E-state index contributed by atoms with van der Waals surface area (Å²) in [7, 11) is -0.403. The van der Waals surface area contributed by atoms with Crippen molar-refractivity contribution in [1.82, 2.24) is 4.31 Å². The molecule has 0 spiro atoms. The average molecular weight is 380 g/mol. The van der Waals surface area contributed by atoms with E-state index in [9.17, 15) is 8.42 Å². The Labute approximate surface area is 153 Å². The largest absolute Gasteiger partial charge is 0.497 e. The molecule has 0 aliphatic carbocycles. The number of hydrogen-bond donors (Lipinski definition) is 0. The van der Waals surface area contributed by atoms with Gasteiger partial charge in [-0.25, -0.2) is 8.42 Å². The van der Waals surface area contributed by atoms with E-state index in [4.69, 9.17) is 9.47 Å². The number of thioether (sulfide) groups is 1. The van der Waals surface area contributed by atoms with Crippen molar-refractivity contribution in [3.8, 4) is 11.5 Å². The van der Waals surface area contributed by atoms with Crippen molar-refractivity contribution in [2.75, 3.05) is 26.5 Å². The summed E-state index contributed by atoms with van der Waals surface area (Å²) in [5.41, 5.74) is 1.83. The normalized spacial score (nSPS) is 18.3. The topological polar surface area (TPSA) is 55.8 Å². The molecule has 5 nitrogen and oxygen atoms in total. The van der Waals surface area contributed by atoms with E-state index in [0.29, 0.717) is 22.9 Å². The number of methoxy groups -OCH3 is 2. The van der Waals surface area contributed by atoms with E-state index < -0.39 is 10.0 Å². The van der Waals surface area contributed by atoms with Crippen LogP contribution < -0.4 is 9.47 Å². The van der Waals surface area contributed by atoms with Crippen molar-refractivity contribution in [2.45, 2.75) is 17.2 Å². The van der Waals surface area contributed by atoms with Gasteiger partial charge in [-0.1, -0.05) is 17.7 Å². The van der Waals surface area contributed by atoms with Crippen LogP contribution in [0.1, 0.15) is 16.5 Å². The summed E-state index contributed by atoms with van der Waals surface area (Å²) in [6.45, 7) is 2.40. The molecule has 2 aromatic rings. The molecule has 1 aliphatic rings. The molecule has 1 fully saturated rings. The van der Waals surface area contributed by atoms with Crippen LogP contribution in [0.2, 0.25) is 0 Å². The van der Waals surface area contributed by atoms with Crippen LogP contribution in [0.25, 0.3) is 0 Å². The summed E-state index contributed by atoms with van der Waals surface area (Å²) in [5.74, 6) is 2.07. The predicted molar refractivity (Wildman–Crippen MR) is 99.8 cm³/mol. The van der Waals surface area contributed by atoms with Crippen LogP contribution in [0, 0.1) is 6.92 Å². The second-order valence-electron chi connectivity index (χ2n) is 5.76. The number of sulfonamides is 1. The zero-order valence-corrected chi connectivity index (χ0v) is 16.1. The number of benzene rings is 2. The molecule has 0 amide bonds. The standard InChI is InChI=1S/C18H21NO4S2/c1-13-4-7-15(8-5-13)25(20,21)19-10-11-24-18(19)16-12-14(22-2)6-9-17(16)23-3/h4-9,12,18H,10-11H2,1-3H3/t18-/m0/s1. The lowest BCUT2D eigenvalue weighted by atomic mass is 10.2. The summed E-state index contributed by atoms with van der Waals surface area (Å²) < 4.78 is 38.5. The van der Waals surface area contributed by atoms with E-state index in [1.165, 1.54) is 0 Å². The Morgan fingerprint density at radius 2 is 1.80 bits per heavy atom. The number of hydrogen-bond acceptors (Lipinski definition) is 5. The minimum Gasteiger partial charge on any atom is -0.497 e. The Bertz CT molecular complexity index is 850. The first-order chi connectivity index (χ1) is 12.0. The molecule has 25 heavy (non-hydrogen) atoms. The lowest BCUT2D eigenvalue weighted by Crippen LogP contribution is -2.30. The van der Waals surface area contributed by atoms with Crippen molar-refractivity contribution >= 4 is 21.8 Å². The van der Waals surface area contributed by atoms with Gasteiger partial charge in [-0.15, -0.1) is 11.8 Å². The minimum atomic E-state index is -3.58. The molecular formula is C18H21NO4S2. The van der Waals surface area contributed by atoms with Gasteiger partial charge in [0.25, 0.3) is 0 Å². The van der Waals surface area contributed by atoms with Gasteiger partial charge in [0.2, 0.25) is 10.0 Å². The van der Waals surface area contributed by atoms with Gasteiger partial charge in [0.05, 0.1) is 24.5 Å². The molecule has 0 radical (unpaired) electrons. The van der Waals surface area contributed by atoms with Crippen LogP contribution in [0.5, 0.6) is 11.5 Å². The maximum Gasteiger partial charge on any atom is 0.244 e. The fraction of sp³-hybridized carbons (Fsp3) is 0.333. The number of rotatable bonds is 5. The maximum absolute atomic E-state index is 13.1. The van der Waals surface area contributed by atoms with Gasteiger partial charge >= 0.3 is 0 Å². The van der Waals surface area contributed by atoms with Crippen LogP contribution in [0.4, 0.5) is 0 Å². The molecule has 3 rings (SSSR count). The van der Waals surface area contributed by atoms with E-state index in [1.54, 1.807) is 48.5 Å². The van der Waals surface area contributed by atoms with E-state index in [2.05, 4.69) is 0 Å². The SMILES string of the molecule is COc1ccc(OC)c([C@@H]2SCCN2S(=O)(=O)c2ccc(C)cc2)c1. The van der Waals surface area contributed by atoms with Crippen LogP contribution in [0.3, 0.4) is 0 Å². The molecule has 134 valence electrons. The lowest BCUT2D eigenvalue weighted by molar-refractivity contribution is 0.382.